The molecular weight excluding hydrogens is 272 g/mol. The van der Waals surface area contributed by atoms with Crippen molar-refractivity contribution in [2.75, 3.05) is 29.9 Å². The molecule has 0 fully saturated rings. The summed E-state index contributed by atoms with van der Waals surface area (Å²) in [5.41, 5.74) is 2.30. The molecule has 1 aromatic rings. The van der Waals surface area contributed by atoms with Gasteiger partial charge in [-0.3, -0.25) is 9.59 Å². The van der Waals surface area contributed by atoms with Gasteiger partial charge in [-0.15, -0.1) is 0 Å². The molecule has 1 heterocycles. The summed E-state index contributed by atoms with van der Waals surface area (Å²) in [5, 5.41) is 11.7. The van der Waals surface area contributed by atoms with Gasteiger partial charge in [-0.2, -0.15) is 0 Å². The minimum Gasteiger partial charge on any atom is -0.482 e. The highest BCUT2D eigenvalue weighted by atomic mass is 16.5. The minimum absolute atomic E-state index is 0.0199. The normalized spacial score (nSPS) is 13.4. The van der Waals surface area contributed by atoms with Gasteiger partial charge in [0.05, 0.1) is 12.1 Å². The van der Waals surface area contributed by atoms with E-state index in [0.29, 0.717) is 24.5 Å². The van der Waals surface area contributed by atoms with E-state index in [0.717, 1.165) is 11.3 Å². The fourth-order valence-corrected chi connectivity index (χ4v) is 2.07. The van der Waals surface area contributed by atoms with Crippen LogP contribution in [0, 0.1) is 0 Å². The molecule has 6 nitrogen and oxygen atoms in total. The monoisotopic (exact) mass is 290 g/mol. The van der Waals surface area contributed by atoms with Crippen molar-refractivity contribution in [3.05, 3.63) is 30.4 Å². The number of aliphatic carboxylic acids is 1. The molecule has 0 saturated carbocycles. The molecule has 0 bridgehead atoms. The Bertz CT molecular complexity index is 583. The van der Waals surface area contributed by atoms with Crippen LogP contribution in [0.2, 0.25) is 0 Å². The lowest BCUT2D eigenvalue weighted by Crippen LogP contribution is -2.39. The number of hydrogen-bond acceptors (Lipinski definition) is 4. The summed E-state index contributed by atoms with van der Waals surface area (Å²) in [5.74, 6) is -0.337. The van der Waals surface area contributed by atoms with E-state index >= 15 is 0 Å². The lowest BCUT2D eigenvalue weighted by molar-refractivity contribution is -0.136. The van der Waals surface area contributed by atoms with E-state index in [1.54, 1.807) is 23.1 Å². The highest BCUT2D eigenvalue weighted by Crippen LogP contribution is 2.34. The molecule has 1 aromatic carbocycles. The summed E-state index contributed by atoms with van der Waals surface area (Å²) in [6.45, 7) is 6.47. The highest BCUT2D eigenvalue weighted by molar-refractivity contribution is 5.98. The van der Waals surface area contributed by atoms with E-state index < -0.39 is 5.97 Å². The molecule has 0 aliphatic carbocycles. The van der Waals surface area contributed by atoms with Crippen LogP contribution in [0.5, 0.6) is 5.75 Å². The molecule has 21 heavy (non-hydrogen) atoms. The van der Waals surface area contributed by atoms with Gasteiger partial charge >= 0.3 is 5.97 Å². The highest BCUT2D eigenvalue weighted by Gasteiger charge is 2.25. The Morgan fingerprint density at radius 1 is 1.52 bits per heavy atom. The molecule has 0 aromatic heterocycles. The second-order valence-electron chi connectivity index (χ2n) is 4.98. The zero-order valence-corrected chi connectivity index (χ0v) is 11.9. The van der Waals surface area contributed by atoms with Crippen molar-refractivity contribution in [2.24, 2.45) is 0 Å². The maximum absolute atomic E-state index is 12.0. The molecule has 0 atom stereocenters. The van der Waals surface area contributed by atoms with Crippen LogP contribution in [0.25, 0.3) is 0 Å². The average Bonchev–Trinajstić information content (AvgIpc) is 2.41. The van der Waals surface area contributed by atoms with Crippen LogP contribution in [0.3, 0.4) is 0 Å². The number of nitrogens with zero attached hydrogens (tertiary/aromatic N) is 1. The van der Waals surface area contributed by atoms with E-state index in [9.17, 15) is 9.59 Å². The largest absolute Gasteiger partial charge is 0.482 e. The van der Waals surface area contributed by atoms with Crippen LogP contribution in [-0.2, 0) is 9.59 Å². The molecular formula is C15H18N2O4. The smallest absolute Gasteiger partial charge is 0.305 e. The lowest BCUT2D eigenvalue weighted by atomic mass is 10.2. The number of hydrogen-bond donors (Lipinski definition) is 2. The predicted octanol–water partition coefficient (Wildman–Crippen LogP) is 1.87. The summed E-state index contributed by atoms with van der Waals surface area (Å²) in [7, 11) is 0. The van der Waals surface area contributed by atoms with Gasteiger partial charge in [-0.05, 0) is 25.1 Å². The maximum Gasteiger partial charge on any atom is 0.305 e. The van der Waals surface area contributed by atoms with Crippen LogP contribution in [0.1, 0.15) is 13.3 Å². The first kappa shape index (κ1) is 14.9. The molecule has 1 aliphatic heterocycles. The number of amides is 1. The van der Waals surface area contributed by atoms with Crippen LogP contribution in [-0.4, -0.2) is 36.7 Å². The molecule has 0 unspecified atom stereocenters. The maximum atomic E-state index is 12.0. The number of ether oxygens (including phenoxy) is 1. The van der Waals surface area contributed by atoms with E-state index in [2.05, 4.69) is 11.9 Å². The van der Waals surface area contributed by atoms with Crippen LogP contribution >= 0.6 is 0 Å². The third-order valence-electron chi connectivity index (χ3n) is 3.00. The zero-order valence-electron chi connectivity index (χ0n) is 11.9. The van der Waals surface area contributed by atoms with Crippen LogP contribution < -0.4 is 15.0 Å². The van der Waals surface area contributed by atoms with E-state index in [1.807, 2.05) is 6.92 Å². The number of carbonyl (C=O) groups is 2. The van der Waals surface area contributed by atoms with Crippen LogP contribution in [0.15, 0.2) is 30.4 Å². The number of benzene rings is 1. The van der Waals surface area contributed by atoms with E-state index in [4.69, 9.17) is 9.84 Å². The zero-order chi connectivity index (χ0) is 15.4. The minimum atomic E-state index is -0.858. The third-order valence-corrected chi connectivity index (χ3v) is 3.00. The second kappa shape index (κ2) is 6.30. The molecule has 0 radical (unpaired) electrons. The van der Waals surface area contributed by atoms with Crippen molar-refractivity contribution < 1.29 is 19.4 Å². The van der Waals surface area contributed by atoms with E-state index in [1.165, 1.54) is 0 Å². The Morgan fingerprint density at radius 3 is 2.95 bits per heavy atom. The molecule has 1 aliphatic rings. The average molecular weight is 290 g/mol. The molecule has 2 N–H and O–H groups in total. The van der Waals surface area contributed by atoms with Crippen molar-refractivity contribution in [3.8, 4) is 5.75 Å². The quantitative estimate of drug-likeness (QED) is 0.782. The predicted molar refractivity (Wildman–Crippen MR) is 79.8 cm³/mol. The van der Waals surface area contributed by atoms with Gasteiger partial charge in [0, 0.05) is 18.8 Å². The third kappa shape index (κ3) is 3.75. The fourth-order valence-electron chi connectivity index (χ4n) is 2.07. The molecule has 0 saturated heterocycles. The van der Waals surface area contributed by atoms with Gasteiger partial charge in [0.2, 0.25) is 0 Å². The van der Waals surface area contributed by atoms with Gasteiger partial charge < -0.3 is 20.1 Å². The Labute approximate surface area is 123 Å². The van der Waals surface area contributed by atoms with Crippen LogP contribution in [0.4, 0.5) is 11.4 Å². The molecule has 112 valence electrons. The number of fused-ring (bicyclic) bond motifs is 1. The first-order valence-electron chi connectivity index (χ1n) is 6.64. The second-order valence-corrected chi connectivity index (χ2v) is 4.98. The Balaban J connectivity index is 2.19. The topological polar surface area (TPSA) is 78.9 Å². The van der Waals surface area contributed by atoms with Crippen molar-refractivity contribution >= 4 is 23.3 Å². The number of carbonyl (C=O) groups excluding carboxylic acids is 1. The summed E-state index contributed by atoms with van der Waals surface area (Å²) in [6, 6.07) is 5.36. The number of carboxylic acid groups (broad SMARTS) is 1. The number of rotatable bonds is 6. The van der Waals surface area contributed by atoms with Gasteiger partial charge in [-0.1, -0.05) is 12.2 Å². The van der Waals surface area contributed by atoms with Gasteiger partial charge in [-0.25, -0.2) is 0 Å². The summed E-state index contributed by atoms with van der Waals surface area (Å²) < 4.78 is 5.40. The standard InChI is InChI=1S/C15H18N2O4/c1-10(2)8-17-12-7-11(16-6-5-15(19)20)3-4-13(12)21-9-14(17)18/h3-4,7,16H,1,5-6,8-9H2,2H3,(H,19,20). The number of nitrogens with one attached hydrogen (secondary N) is 1. The fraction of sp³-hybridized carbons (Fsp3) is 0.333. The Kier molecular flexibility index (Phi) is 4.47. The molecule has 2 rings (SSSR count). The van der Waals surface area contributed by atoms with E-state index in [-0.39, 0.29) is 18.9 Å². The SMILES string of the molecule is C=C(C)CN1C(=O)COc2ccc(NCCC(=O)O)cc21. The first-order valence-corrected chi connectivity index (χ1v) is 6.64. The number of carboxylic acids is 1. The van der Waals surface area contributed by atoms with Crippen molar-refractivity contribution in [3.63, 3.8) is 0 Å². The van der Waals surface area contributed by atoms with Crippen molar-refractivity contribution in [1.82, 2.24) is 0 Å². The lowest BCUT2D eigenvalue weighted by Gasteiger charge is -2.30. The molecule has 1 amide bonds. The van der Waals surface area contributed by atoms with Gasteiger partial charge in [0.15, 0.2) is 6.61 Å². The summed E-state index contributed by atoms with van der Waals surface area (Å²) in [6.07, 6.45) is 0.0298. The van der Waals surface area contributed by atoms with Gasteiger partial charge in [0.25, 0.3) is 5.91 Å². The first-order chi connectivity index (χ1) is 9.97. The molecule has 6 heteroatoms. The van der Waals surface area contributed by atoms with Crippen molar-refractivity contribution in [1.29, 1.82) is 0 Å². The van der Waals surface area contributed by atoms with Gasteiger partial charge in [0.1, 0.15) is 5.75 Å². The summed E-state index contributed by atoms with van der Waals surface area (Å²) >= 11 is 0. The Morgan fingerprint density at radius 2 is 2.29 bits per heavy atom. The van der Waals surface area contributed by atoms with Crippen molar-refractivity contribution in [2.45, 2.75) is 13.3 Å². The Hall–Kier alpha value is -2.50. The summed E-state index contributed by atoms with van der Waals surface area (Å²) in [4.78, 5) is 24.1. The molecule has 0 spiro atoms. The number of anilines is 2.